The van der Waals surface area contributed by atoms with Gasteiger partial charge in [-0.1, -0.05) is 13.0 Å². The Bertz CT molecular complexity index is 1150. The van der Waals surface area contributed by atoms with Gasteiger partial charge in [-0.2, -0.15) is 0 Å². The first-order valence-electron chi connectivity index (χ1n) is 9.61. The Balaban J connectivity index is 1.66. The van der Waals surface area contributed by atoms with E-state index >= 15 is 0 Å². The van der Waals surface area contributed by atoms with Crippen molar-refractivity contribution in [2.24, 2.45) is 7.05 Å². The van der Waals surface area contributed by atoms with Crippen molar-refractivity contribution < 1.29 is 9.13 Å². The van der Waals surface area contributed by atoms with Crippen LogP contribution in [0.15, 0.2) is 42.7 Å². The number of ether oxygens (including phenoxy) is 1. The molecule has 0 saturated carbocycles. The number of aromatic nitrogens is 3. The van der Waals surface area contributed by atoms with Crippen molar-refractivity contribution in [2.45, 2.75) is 26.8 Å². The van der Waals surface area contributed by atoms with Gasteiger partial charge in [-0.3, -0.25) is 4.98 Å². The van der Waals surface area contributed by atoms with E-state index in [1.54, 1.807) is 29.7 Å². The lowest BCUT2D eigenvalue weighted by molar-refractivity contribution is 0.446. The maximum atomic E-state index is 14.2. The number of thiophene rings is 1. The molecule has 3 heterocycles. The molecule has 0 spiro atoms. The first-order chi connectivity index (χ1) is 14.1. The van der Waals surface area contributed by atoms with Gasteiger partial charge in [0.05, 0.1) is 27.0 Å². The molecule has 1 aromatic carbocycles. The van der Waals surface area contributed by atoms with E-state index in [4.69, 9.17) is 4.74 Å². The van der Waals surface area contributed by atoms with Gasteiger partial charge in [0.1, 0.15) is 11.6 Å². The molecule has 0 aliphatic carbocycles. The summed E-state index contributed by atoms with van der Waals surface area (Å²) in [5, 5.41) is 3.40. The van der Waals surface area contributed by atoms with E-state index in [2.05, 4.69) is 26.8 Å². The van der Waals surface area contributed by atoms with Crippen molar-refractivity contribution in [3.05, 3.63) is 59.8 Å². The van der Waals surface area contributed by atoms with E-state index in [-0.39, 0.29) is 11.6 Å². The Morgan fingerprint density at radius 3 is 2.83 bits per heavy atom. The van der Waals surface area contributed by atoms with E-state index < -0.39 is 0 Å². The van der Waals surface area contributed by atoms with Crippen LogP contribution in [-0.2, 0) is 13.6 Å². The fraction of sp³-hybridized carbons (Fsp3) is 0.273. The molecule has 5 nitrogen and oxygen atoms in total. The van der Waals surface area contributed by atoms with Crippen molar-refractivity contribution in [2.75, 3.05) is 6.54 Å². The number of fused-ring (bicyclic) bond motifs is 1. The number of hydrogen-bond acceptors (Lipinski definition) is 5. The molecule has 4 aromatic rings. The number of nitrogens with one attached hydrogen (secondary N) is 1. The number of aryl methyl sites for hydroxylation is 1. The van der Waals surface area contributed by atoms with Crippen LogP contribution in [0.2, 0.25) is 0 Å². The number of hydrogen-bond donors (Lipinski definition) is 1. The summed E-state index contributed by atoms with van der Waals surface area (Å²) in [5.74, 6) is 1.31. The maximum Gasteiger partial charge on any atom is 0.165 e. The van der Waals surface area contributed by atoms with E-state index in [1.165, 1.54) is 6.07 Å². The van der Waals surface area contributed by atoms with Crippen molar-refractivity contribution >= 4 is 21.6 Å². The van der Waals surface area contributed by atoms with Gasteiger partial charge in [0.25, 0.3) is 0 Å². The van der Waals surface area contributed by atoms with Gasteiger partial charge in [-0.05, 0) is 43.7 Å². The molecule has 0 fully saturated rings. The summed E-state index contributed by atoms with van der Waals surface area (Å²) < 4.78 is 23.1. The van der Waals surface area contributed by atoms with Crippen molar-refractivity contribution in [1.82, 2.24) is 19.9 Å². The number of benzene rings is 1. The molecule has 0 bridgehead atoms. The summed E-state index contributed by atoms with van der Waals surface area (Å²) >= 11 is 1.55. The van der Waals surface area contributed by atoms with Crippen LogP contribution in [0.25, 0.3) is 20.9 Å². The summed E-state index contributed by atoms with van der Waals surface area (Å²) in [5.41, 5.74) is 2.79. The molecule has 0 radical (unpaired) electrons. The third-order valence-electron chi connectivity index (χ3n) is 4.72. The molecule has 7 heteroatoms. The van der Waals surface area contributed by atoms with Crippen LogP contribution in [0.4, 0.5) is 4.39 Å². The van der Waals surface area contributed by atoms with Gasteiger partial charge < -0.3 is 14.6 Å². The Morgan fingerprint density at radius 2 is 2.03 bits per heavy atom. The highest BCUT2D eigenvalue weighted by atomic mass is 32.1. The second kappa shape index (κ2) is 8.31. The van der Waals surface area contributed by atoms with Crippen molar-refractivity contribution in [3.8, 4) is 22.2 Å². The molecule has 0 saturated heterocycles. The molecule has 0 atom stereocenters. The minimum Gasteiger partial charge on any atom is -0.453 e. The molecular formula is C22H23FN4OS. The summed E-state index contributed by atoms with van der Waals surface area (Å²) in [6.07, 6.45) is 4.67. The molecular weight excluding hydrogens is 387 g/mol. The monoisotopic (exact) mass is 410 g/mol. The summed E-state index contributed by atoms with van der Waals surface area (Å²) in [6.45, 7) is 5.75. The number of imidazole rings is 1. The highest BCUT2D eigenvalue weighted by molar-refractivity contribution is 7.22. The van der Waals surface area contributed by atoms with E-state index in [9.17, 15) is 4.39 Å². The number of rotatable bonds is 7. The number of nitrogens with zero attached hydrogens (tertiary/aromatic N) is 3. The highest BCUT2D eigenvalue weighted by Crippen LogP contribution is 2.39. The second-order valence-corrected chi connectivity index (χ2v) is 8.03. The maximum absolute atomic E-state index is 14.2. The quantitative estimate of drug-likeness (QED) is 0.413. The fourth-order valence-electron chi connectivity index (χ4n) is 3.14. The predicted molar refractivity (Wildman–Crippen MR) is 115 cm³/mol. The molecule has 0 aliphatic heterocycles. The Morgan fingerprint density at radius 1 is 1.17 bits per heavy atom. The Hall–Kier alpha value is -2.77. The highest BCUT2D eigenvalue weighted by Gasteiger charge is 2.16. The second-order valence-electron chi connectivity index (χ2n) is 6.98. The normalized spacial score (nSPS) is 11.3. The largest absolute Gasteiger partial charge is 0.453 e. The van der Waals surface area contributed by atoms with Crippen LogP contribution < -0.4 is 10.1 Å². The van der Waals surface area contributed by atoms with E-state index in [1.807, 2.05) is 32.3 Å². The van der Waals surface area contributed by atoms with Gasteiger partial charge >= 0.3 is 0 Å². The Labute approximate surface area is 173 Å². The zero-order chi connectivity index (χ0) is 20.4. The van der Waals surface area contributed by atoms with Crippen LogP contribution in [0, 0.1) is 12.7 Å². The molecule has 0 unspecified atom stereocenters. The smallest absolute Gasteiger partial charge is 0.165 e. The van der Waals surface area contributed by atoms with Crippen LogP contribution >= 0.6 is 11.3 Å². The molecule has 4 rings (SSSR count). The van der Waals surface area contributed by atoms with Gasteiger partial charge in [-0.15, -0.1) is 11.3 Å². The van der Waals surface area contributed by atoms with Gasteiger partial charge in [-0.25, -0.2) is 9.37 Å². The van der Waals surface area contributed by atoms with Crippen LogP contribution in [0.5, 0.6) is 11.5 Å². The zero-order valence-electron chi connectivity index (χ0n) is 16.7. The topological polar surface area (TPSA) is 52.0 Å². The third kappa shape index (κ3) is 4.02. The van der Waals surface area contributed by atoms with Gasteiger partial charge in [0.15, 0.2) is 11.6 Å². The van der Waals surface area contributed by atoms with Gasteiger partial charge in [0.2, 0.25) is 0 Å². The molecule has 0 aliphatic rings. The fourth-order valence-corrected chi connectivity index (χ4v) is 4.24. The lowest BCUT2D eigenvalue weighted by Gasteiger charge is -2.08. The lowest BCUT2D eigenvalue weighted by atomic mass is 10.2. The predicted octanol–water partition coefficient (Wildman–Crippen LogP) is 5.44. The van der Waals surface area contributed by atoms with Crippen LogP contribution in [0.1, 0.15) is 24.6 Å². The molecule has 3 aromatic heterocycles. The molecule has 29 heavy (non-hydrogen) atoms. The van der Waals surface area contributed by atoms with Crippen molar-refractivity contribution in [3.63, 3.8) is 0 Å². The lowest BCUT2D eigenvalue weighted by Crippen LogP contribution is -2.16. The first kappa shape index (κ1) is 19.5. The minimum atomic E-state index is -0.375. The average molecular weight is 411 g/mol. The first-order valence-corrected chi connectivity index (χ1v) is 10.4. The zero-order valence-corrected chi connectivity index (χ0v) is 17.5. The van der Waals surface area contributed by atoms with Gasteiger partial charge in [0, 0.05) is 25.9 Å². The standard InChI is InChI=1S/C22H23FN4OS/c1-4-8-24-12-15-13-26-22(27(15)3)20-11-17-21(29-20)19(7-9-25-17)28-18-6-5-14(2)10-16(18)23/h5-7,9-11,13,24H,4,8,12H2,1-3H3. The third-order valence-corrected chi connectivity index (χ3v) is 5.86. The minimum absolute atomic E-state index is 0.208. The number of halogens is 1. The molecule has 0 amide bonds. The molecule has 1 N–H and O–H groups in total. The summed E-state index contributed by atoms with van der Waals surface area (Å²) in [7, 11) is 2.02. The van der Waals surface area contributed by atoms with Crippen molar-refractivity contribution in [1.29, 1.82) is 0 Å². The summed E-state index contributed by atoms with van der Waals surface area (Å²) in [6, 6.07) is 8.72. The Kier molecular flexibility index (Phi) is 5.60. The summed E-state index contributed by atoms with van der Waals surface area (Å²) in [4.78, 5) is 10.1. The van der Waals surface area contributed by atoms with E-state index in [0.717, 1.165) is 51.7 Å². The average Bonchev–Trinajstić information content (AvgIpc) is 3.28. The number of pyridine rings is 1. The van der Waals surface area contributed by atoms with Crippen LogP contribution in [0.3, 0.4) is 0 Å². The SMILES string of the molecule is CCCNCc1cnc(-c2cc3nccc(Oc4ccc(C)cc4F)c3s2)n1C. The molecule has 150 valence electrons. The van der Waals surface area contributed by atoms with E-state index in [0.29, 0.717) is 5.75 Å². The van der Waals surface area contributed by atoms with Crippen LogP contribution in [-0.4, -0.2) is 21.1 Å².